The van der Waals surface area contributed by atoms with Crippen molar-refractivity contribution < 1.29 is 0 Å². The van der Waals surface area contributed by atoms with Crippen LogP contribution in [-0.2, 0) is 0 Å². The summed E-state index contributed by atoms with van der Waals surface area (Å²) in [5, 5.41) is 5.58. The van der Waals surface area contributed by atoms with Crippen LogP contribution in [0.4, 0.5) is 0 Å². The van der Waals surface area contributed by atoms with E-state index in [1.54, 1.807) is 0 Å². The van der Waals surface area contributed by atoms with E-state index in [0.29, 0.717) is 6.04 Å². The average molecular weight is 283 g/mol. The fourth-order valence-electron chi connectivity index (χ4n) is 2.11. The van der Waals surface area contributed by atoms with E-state index in [4.69, 9.17) is 0 Å². The molecule has 0 amide bonds. The van der Waals surface area contributed by atoms with Gasteiger partial charge in [0.05, 0.1) is 0 Å². The fourth-order valence-corrected chi connectivity index (χ4v) is 3.06. The van der Waals surface area contributed by atoms with Gasteiger partial charge >= 0.3 is 0 Å². The largest absolute Gasteiger partial charge is 0.314 e. The molecule has 0 unspecified atom stereocenters. The third-order valence-corrected chi connectivity index (χ3v) is 3.82. The lowest BCUT2D eigenvalue weighted by Crippen LogP contribution is -2.44. The predicted molar refractivity (Wildman–Crippen MR) is 76.3 cm³/mol. The van der Waals surface area contributed by atoms with Gasteiger partial charge in [0.25, 0.3) is 0 Å². The normalized spacial score (nSPS) is 18.3. The molecular formula is C11H20Cl2N2S. The lowest BCUT2D eigenvalue weighted by Gasteiger charge is -2.33. The topological polar surface area (TPSA) is 15.3 Å². The Morgan fingerprint density at radius 1 is 1.38 bits per heavy atom. The van der Waals surface area contributed by atoms with Crippen molar-refractivity contribution in [1.29, 1.82) is 0 Å². The number of hydrogen-bond acceptors (Lipinski definition) is 3. The average Bonchev–Trinajstić information content (AvgIpc) is 2.74. The summed E-state index contributed by atoms with van der Waals surface area (Å²) >= 11 is 1.89. The molecule has 2 rings (SSSR count). The van der Waals surface area contributed by atoms with E-state index >= 15 is 0 Å². The van der Waals surface area contributed by atoms with E-state index in [9.17, 15) is 0 Å². The molecule has 16 heavy (non-hydrogen) atoms. The van der Waals surface area contributed by atoms with Crippen LogP contribution in [0.1, 0.15) is 24.3 Å². The summed E-state index contributed by atoms with van der Waals surface area (Å²) in [6.07, 6.45) is 1.22. The minimum absolute atomic E-state index is 0. The Labute approximate surface area is 114 Å². The molecule has 0 radical (unpaired) electrons. The Hall–Kier alpha value is 0.200. The van der Waals surface area contributed by atoms with Crippen LogP contribution in [0, 0.1) is 0 Å². The Bertz CT molecular complexity index is 261. The van der Waals surface area contributed by atoms with Crippen LogP contribution < -0.4 is 5.32 Å². The van der Waals surface area contributed by atoms with Gasteiger partial charge in [-0.15, -0.1) is 36.2 Å². The van der Waals surface area contributed by atoms with Gasteiger partial charge in [-0.2, -0.15) is 0 Å². The Morgan fingerprint density at radius 2 is 2.06 bits per heavy atom. The first kappa shape index (κ1) is 16.2. The molecule has 1 aliphatic heterocycles. The molecule has 0 spiro atoms. The van der Waals surface area contributed by atoms with Gasteiger partial charge in [-0.3, -0.25) is 4.90 Å². The third kappa shape index (κ3) is 3.90. The highest BCUT2D eigenvalue weighted by molar-refractivity contribution is 7.10. The molecular weight excluding hydrogens is 263 g/mol. The number of halogens is 2. The summed E-state index contributed by atoms with van der Waals surface area (Å²) in [6.45, 7) is 6.95. The van der Waals surface area contributed by atoms with Crippen LogP contribution in [0.5, 0.6) is 0 Å². The molecule has 0 saturated carbocycles. The van der Waals surface area contributed by atoms with Crippen molar-refractivity contribution in [2.45, 2.75) is 19.4 Å². The van der Waals surface area contributed by atoms with E-state index in [0.717, 1.165) is 13.1 Å². The SMILES string of the molecule is CC[C@H](c1cccs1)N1CCNCC1.Cl.Cl. The van der Waals surface area contributed by atoms with E-state index in [-0.39, 0.29) is 24.8 Å². The number of nitrogens with zero attached hydrogens (tertiary/aromatic N) is 1. The second-order valence-electron chi connectivity index (χ2n) is 3.73. The van der Waals surface area contributed by atoms with Crippen LogP contribution in [0.2, 0.25) is 0 Å². The van der Waals surface area contributed by atoms with Crippen molar-refractivity contribution in [3.63, 3.8) is 0 Å². The van der Waals surface area contributed by atoms with E-state index in [2.05, 4.69) is 34.7 Å². The molecule has 94 valence electrons. The summed E-state index contributed by atoms with van der Waals surface area (Å²) in [4.78, 5) is 4.12. The zero-order valence-corrected chi connectivity index (χ0v) is 12.0. The number of hydrogen-bond donors (Lipinski definition) is 1. The quantitative estimate of drug-likeness (QED) is 0.917. The summed E-state index contributed by atoms with van der Waals surface area (Å²) in [6, 6.07) is 5.07. The van der Waals surface area contributed by atoms with Crippen LogP contribution in [0.3, 0.4) is 0 Å². The monoisotopic (exact) mass is 282 g/mol. The van der Waals surface area contributed by atoms with Gasteiger partial charge in [-0.1, -0.05) is 13.0 Å². The number of thiophene rings is 1. The molecule has 1 fully saturated rings. The smallest absolute Gasteiger partial charge is 0.0439 e. The van der Waals surface area contributed by atoms with Crippen molar-refractivity contribution >= 4 is 36.2 Å². The van der Waals surface area contributed by atoms with Gasteiger partial charge in [0.15, 0.2) is 0 Å². The molecule has 2 nitrogen and oxygen atoms in total. The molecule has 1 saturated heterocycles. The molecule has 1 aromatic heterocycles. The molecule has 1 atom stereocenters. The van der Waals surface area contributed by atoms with Crippen molar-refractivity contribution in [1.82, 2.24) is 10.2 Å². The Kier molecular flexibility index (Phi) is 8.42. The zero-order valence-electron chi connectivity index (χ0n) is 9.52. The maximum absolute atomic E-state index is 3.40. The lowest BCUT2D eigenvalue weighted by molar-refractivity contribution is 0.172. The van der Waals surface area contributed by atoms with Crippen molar-refractivity contribution in [2.75, 3.05) is 26.2 Å². The highest BCUT2D eigenvalue weighted by Gasteiger charge is 2.20. The molecule has 1 N–H and O–H groups in total. The number of nitrogens with one attached hydrogen (secondary N) is 1. The molecule has 0 aliphatic carbocycles. The van der Waals surface area contributed by atoms with E-state index in [1.807, 2.05) is 11.3 Å². The van der Waals surface area contributed by atoms with E-state index in [1.165, 1.54) is 24.4 Å². The standard InChI is InChI=1S/C11H18N2S.2ClH/c1-2-10(11-4-3-9-14-11)13-7-5-12-6-8-13;;/h3-4,9-10,12H,2,5-8H2,1H3;2*1H/t10-;;/m1../s1. The van der Waals surface area contributed by atoms with Crippen molar-refractivity contribution in [3.05, 3.63) is 22.4 Å². The Balaban J connectivity index is 0.00000112. The minimum atomic E-state index is 0. The highest BCUT2D eigenvalue weighted by atomic mass is 35.5. The third-order valence-electron chi connectivity index (χ3n) is 2.85. The lowest BCUT2D eigenvalue weighted by atomic mass is 10.1. The van der Waals surface area contributed by atoms with E-state index < -0.39 is 0 Å². The first-order chi connectivity index (χ1) is 6.92. The van der Waals surface area contributed by atoms with Gasteiger partial charge in [0, 0.05) is 37.1 Å². The van der Waals surface area contributed by atoms with Crippen molar-refractivity contribution in [3.8, 4) is 0 Å². The first-order valence-electron chi connectivity index (χ1n) is 5.40. The molecule has 1 aliphatic rings. The van der Waals surface area contributed by atoms with Crippen LogP contribution in [-0.4, -0.2) is 31.1 Å². The van der Waals surface area contributed by atoms with Crippen LogP contribution in [0.15, 0.2) is 17.5 Å². The predicted octanol–water partition coefficient (Wildman–Crippen LogP) is 2.95. The number of piperazine rings is 1. The molecule has 1 aromatic rings. The molecule has 2 heterocycles. The van der Waals surface area contributed by atoms with Gasteiger partial charge in [0.2, 0.25) is 0 Å². The maximum atomic E-state index is 3.40. The fraction of sp³-hybridized carbons (Fsp3) is 0.636. The summed E-state index contributed by atoms with van der Waals surface area (Å²) in [7, 11) is 0. The van der Waals surface area contributed by atoms with Gasteiger partial charge in [-0.25, -0.2) is 0 Å². The highest BCUT2D eigenvalue weighted by Crippen LogP contribution is 2.27. The van der Waals surface area contributed by atoms with Crippen LogP contribution >= 0.6 is 36.2 Å². The second-order valence-corrected chi connectivity index (χ2v) is 4.70. The van der Waals surface area contributed by atoms with Crippen LogP contribution in [0.25, 0.3) is 0 Å². The van der Waals surface area contributed by atoms with Gasteiger partial charge in [0.1, 0.15) is 0 Å². The maximum Gasteiger partial charge on any atom is 0.0439 e. The summed E-state index contributed by atoms with van der Waals surface area (Å²) in [5.74, 6) is 0. The summed E-state index contributed by atoms with van der Waals surface area (Å²) < 4.78 is 0. The van der Waals surface area contributed by atoms with Gasteiger partial charge in [-0.05, 0) is 17.9 Å². The molecule has 5 heteroatoms. The minimum Gasteiger partial charge on any atom is -0.314 e. The summed E-state index contributed by atoms with van der Waals surface area (Å²) in [5.41, 5.74) is 0. The van der Waals surface area contributed by atoms with Crippen molar-refractivity contribution in [2.24, 2.45) is 0 Å². The molecule has 0 aromatic carbocycles. The molecule has 0 bridgehead atoms. The zero-order chi connectivity index (χ0) is 9.80. The second kappa shape index (κ2) is 8.31. The Morgan fingerprint density at radius 3 is 2.56 bits per heavy atom. The first-order valence-corrected chi connectivity index (χ1v) is 6.28. The van der Waals surface area contributed by atoms with Gasteiger partial charge < -0.3 is 5.32 Å². The number of rotatable bonds is 3.